The number of benzene rings is 1. The molecule has 3 nitrogen and oxygen atoms in total. The van der Waals surface area contributed by atoms with Gasteiger partial charge in [0.1, 0.15) is 5.82 Å². The molecule has 0 saturated heterocycles. The Kier molecular flexibility index (Phi) is 4.02. The van der Waals surface area contributed by atoms with Crippen LogP contribution in [0.2, 0.25) is 0 Å². The number of hydrogen-bond acceptors (Lipinski definition) is 2. The molecule has 1 aromatic heterocycles. The normalized spacial score (nSPS) is 11.2. The molecule has 0 aliphatic carbocycles. The fraction of sp³-hybridized carbons (Fsp3) is 0.429. The zero-order valence-electron chi connectivity index (χ0n) is 11.0. The smallest absolute Gasteiger partial charge is 0.164 e. The highest BCUT2D eigenvalue weighted by atomic mass is 35.5. The first-order chi connectivity index (χ1) is 8.67. The van der Waals surface area contributed by atoms with Gasteiger partial charge in [0, 0.05) is 11.6 Å². The molecule has 0 aliphatic heterocycles. The molecule has 0 amide bonds. The predicted octanol–water partition coefficient (Wildman–Crippen LogP) is 3.83. The van der Waals surface area contributed by atoms with Gasteiger partial charge in [-0.15, -0.1) is 21.8 Å². The molecule has 0 fully saturated rings. The second kappa shape index (κ2) is 5.53. The first-order valence-electron chi connectivity index (χ1n) is 6.26. The Morgan fingerprint density at radius 2 is 1.83 bits per heavy atom. The second-order valence-electron chi connectivity index (χ2n) is 4.59. The summed E-state index contributed by atoms with van der Waals surface area (Å²) in [5.74, 6) is 2.10. The lowest BCUT2D eigenvalue weighted by Gasteiger charge is -2.13. The van der Waals surface area contributed by atoms with Crippen LogP contribution in [0.25, 0.3) is 11.4 Å². The number of aromatic nitrogens is 3. The summed E-state index contributed by atoms with van der Waals surface area (Å²) in [6.45, 7) is 6.38. The number of alkyl halides is 1. The fourth-order valence-corrected chi connectivity index (χ4v) is 2.23. The quantitative estimate of drug-likeness (QED) is 0.785. The van der Waals surface area contributed by atoms with E-state index in [0.717, 1.165) is 23.6 Å². The van der Waals surface area contributed by atoms with E-state index < -0.39 is 0 Å². The van der Waals surface area contributed by atoms with Gasteiger partial charge in [-0.25, -0.2) is 0 Å². The Hall–Kier alpha value is -1.35. The van der Waals surface area contributed by atoms with Crippen molar-refractivity contribution >= 4 is 11.6 Å². The van der Waals surface area contributed by atoms with Crippen molar-refractivity contribution in [2.75, 3.05) is 0 Å². The second-order valence-corrected chi connectivity index (χ2v) is 4.85. The molecule has 0 unspecified atom stereocenters. The number of halogens is 1. The van der Waals surface area contributed by atoms with Crippen LogP contribution in [0, 0.1) is 0 Å². The lowest BCUT2D eigenvalue weighted by Crippen LogP contribution is -2.07. The third-order valence-electron chi connectivity index (χ3n) is 3.02. The Morgan fingerprint density at radius 1 is 1.17 bits per heavy atom. The maximum atomic E-state index is 5.90. The molecular weight excluding hydrogens is 246 g/mol. The molecule has 0 radical (unpaired) electrons. The van der Waals surface area contributed by atoms with E-state index in [1.807, 2.05) is 0 Å². The zero-order chi connectivity index (χ0) is 13.1. The van der Waals surface area contributed by atoms with Gasteiger partial charge in [-0.05, 0) is 25.8 Å². The van der Waals surface area contributed by atoms with Crippen LogP contribution in [-0.2, 0) is 12.3 Å². The Morgan fingerprint density at radius 3 is 2.33 bits per heavy atom. The largest absolute Gasteiger partial charge is 0.307 e. The molecule has 96 valence electrons. The van der Waals surface area contributed by atoms with Gasteiger partial charge in [-0.1, -0.05) is 31.2 Å². The van der Waals surface area contributed by atoms with Crippen LogP contribution < -0.4 is 0 Å². The van der Waals surface area contributed by atoms with Crippen LogP contribution in [0.3, 0.4) is 0 Å². The van der Waals surface area contributed by atoms with Gasteiger partial charge in [0.05, 0.1) is 5.88 Å². The first kappa shape index (κ1) is 13.1. The molecule has 1 aromatic carbocycles. The Labute approximate surface area is 113 Å². The molecule has 0 atom stereocenters. The number of rotatable bonds is 4. The molecule has 1 heterocycles. The van der Waals surface area contributed by atoms with Gasteiger partial charge in [0.25, 0.3) is 0 Å². The molecule has 0 spiro atoms. The van der Waals surface area contributed by atoms with E-state index in [1.54, 1.807) is 0 Å². The molecular formula is C14H18ClN3. The van der Waals surface area contributed by atoms with Crippen molar-refractivity contribution in [3.8, 4) is 11.4 Å². The summed E-state index contributed by atoms with van der Waals surface area (Å²) in [6, 6.07) is 8.76. The van der Waals surface area contributed by atoms with E-state index in [0.29, 0.717) is 11.9 Å². The van der Waals surface area contributed by atoms with Crippen molar-refractivity contribution in [2.45, 2.75) is 39.1 Å². The van der Waals surface area contributed by atoms with Crippen molar-refractivity contribution in [1.29, 1.82) is 0 Å². The molecule has 0 saturated carbocycles. The summed E-state index contributed by atoms with van der Waals surface area (Å²) < 4.78 is 2.09. The van der Waals surface area contributed by atoms with E-state index >= 15 is 0 Å². The van der Waals surface area contributed by atoms with Crippen molar-refractivity contribution < 1.29 is 0 Å². The predicted molar refractivity (Wildman–Crippen MR) is 74.8 cm³/mol. The molecule has 2 aromatic rings. The van der Waals surface area contributed by atoms with Crippen molar-refractivity contribution in [3.63, 3.8) is 0 Å². The minimum absolute atomic E-state index is 0.301. The van der Waals surface area contributed by atoms with E-state index in [1.165, 1.54) is 5.56 Å². The maximum absolute atomic E-state index is 5.90. The number of nitrogens with zero attached hydrogens (tertiary/aromatic N) is 3. The lowest BCUT2D eigenvalue weighted by molar-refractivity contribution is 0.585. The maximum Gasteiger partial charge on any atom is 0.164 e. The molecule has 2 rings (SSSR count). The monoisotopic (exact) mass is 263 g/mol. The highest BCUT2D eigenvalue weighted by Gasteiger charge is 2.15. The number of hydrogen-bond donors (Lipinski definition) is 0. The first-order valence-corrected chi connectivity index (χ1v) is 6.79. The average Bonchev–Trinajstić information content (AvgIpc) is 2.82. The number of aryl methyl sites for hydroxylation is 1. The van der Waals surface area contributed by atoms with Crippen LogP contribution in [0.15, 0.2) is 24.3 Å². The van der Waals surface area contributed by atoms with E-state index in [9.17, 15) is 0 Å². The van der Waals surface area contributed by atoms with Crippen LogP contribution in [0.4, 0.5) is 0 Å². The summed E-state index contributed by atoms with van der Waals surface area (Å²) in [5, 5.41) is 8.42. The van der Waals surface area contributed by atoms with Crippen LogP contribution in [0.1, 0.15) is 38.2 Å². The van der Waals surface area contributed by atoms with Gasteiger partial charge < -0.3 is 4.57 Å². The minimum Gasteiger partial charge on any atom is -0.307 e. The summed E-state index contributed by atoms with van der Waals surface area (Å²) >= 11 is 5.90. The highest BCUT2D eigenvalue weighted by Crippen LogP contribution is 2.23. The van der Waals surface area contributed by atoms with Gasteiger partial charge in [0.2, 0.25) is 0 Å². The SMILES string of the molecule is CCc1ccc(-c2nnc(CCl)n2C(C)C)cc1. The van der Waals surface area contributed by atoms with E-state index in [-0.39, 0.29) is 0 Å². The van der Waals surface area contributed by atoms with Gasteiger partial charge in [-0.3, -0.25) is 0 Å². The van der Waals surface area contributed by atoms with Crippen LogP contribution in [0.5, 0.6) is 0 Å². The topological polar surface area (TPSA) is 30.7 Å². The summed E-state index contributed by atoms with van der Waals surface area (Å²) in [5.41, 5.74) is 2.41. The highest BCUT2D eigenvalue weighted by molar-refractivity contribution is 6.16. The van der Waals surface area contributed by atoms with Crippen LogP contribution in [-0.4, -0.2) is 14.8 Å². The summed E-state index contributed by atoms with van der Waals surface area (Å²) in [6.07, 6.45) is 1.05. The van der Waals surface area contributed by atoms with E-state index in [2.05, 4.69) is 59.8 Å². The minimum atomic E-state index is 0.301. The van der Waals surface area contributed by atoms with Crippen molar-refractivity contribution in [3.05, 3.63) is 35.7 Å². The average molecular weight is 264 g/mol. The summed E-state index contributed by atoms with van der Waals surface area (Å²) in [7, 11) is 0. The van der Waals surface area contributed by atoms with Crippen molar-refractivity contribution in [2.24, 2.45) is 0 Å². The third kappa shape index (κ3) is 2.41. The lowest BCUT2D eigenvalue weighted by atomic mass is 10.1. The Balaban J connectivity index is 2.46. The van der Waals surface area contributed by atoms with Gasteiger partial charge in [0.15, 0.2) is 5.82 Å². The van der Waals surface area contributed by atoms with Gasteiger partial charge >= 0.3 is 0 Å². The molecule has 0 bridgehead atoms. The van der Waals surface area contributed by atoms with E-state index in [4.69, 9.17) is 11.6 Å². The Bertz CT molecular complexity index is 514. The zero-order valence-corrected chi connectivity index (χ0v) is 11.8. The fourth-order valence-electron chi connectivity index (χ4n) is 2.04. The molecule has 4 heteroatoms. The standard InChI is InChI=1S/C14H18ClN3/c1-4-11-5-7-12(8-6-11)14-17-16-13(9-15)18(14)10(2)3/h5-8,10H,4,9H2,1-3H3. The molecule has 0 aliphatic rings. The third-order valence-corrected chi connectivity index (χ3v) is 3.26. The molecule has 0 N–H and O–H groups in total. The summed E-state index contributed by atoms with van der Waals surface area (Å²) in [4.78, 5) is 0. The van der Waals surface area contributed by atoms with Crippen LogP contribution >= 0.6 is 11.6 Å². The molecule has 18 heavy (non-hydrogen) atoms. The van der Waals surface area contributed by atoms with Crippen molar-refractivity contribution in [1.82, 2.24) is 14.8 Å². The van der Waals surface area contributed by atoms with Gasteiger partial charge in [-0.2, -0.15) is 0 Å².